The van der Waals surface area contributed by atoms with E-state index in [1.165, 1.54) is 17.0 Å². The summed E-state index contributed by atoms with van der Waals surface area (Å²) in [6.45, 7) is 2.66. The highest BCUT2D eigenvalue weighted by atomic mass is 35.5. The Morgan fingerprint density at radius 1 is 1.32 bits per heavy atom. The van der Waals surface area contributed by atoms with Gasteiger partial charge in [0.05, 0.1) is 0 Å². The summed E-state index contributed by atoms with van der Waals surface area (Å²) in [5.41, 5.74) is 0.293. The predicted molar refractivity (Wildman–Crippen MR) is 65.4 cm³/mol. The smallest absolute Gasteiger partial charge is 0.406 e. The Morgan fingerprint density at radius 3 is 2.32 bits per heavy atom. The van der Waals surface area contributed by atoms with E-state index in [4.69, 9.17) is 11.6 Å². The first-order valence-corrected chi connectivity index (χ1v) is 6.12. The van der Waals surface area contributed by atoms with Gasteiger partial charge in [-0.25, -0.2) is 0 Å². The zero-order valence-corrected chi connectivity index (χ0v) is 11.0. The quantitative estimate of drug-likeness (QED) is 0.780. The first kappa shape index (κ1) is 15.6. The van der Waals surface area contributed by atoms with E-state index in [-0.39, 0.29) is 11.7 Å². The molecule has 0 atom stereocenters. The van der Waals surface area contributed by atoms with Crippen LogP contribution in [-0.4, -0.2) is 36.1 Å². The van der Waals surface area contributed by atoms with Crippen LogP contribution in [0.1, 0.15) is 17.3 Å². The summed E-state index contributed by atoms with van der Waals surface area (Å²) in [4.78, 5) is 13.5. The number of carbonyl (C=O) groups is 1. The summed E-state index contributed by atoms with van der Waals surface area (Å²) < 4.78 is 39.6. The first-order chi connectivity index (χ1) is 8.87. The van der Waals surface area contributed by atoms with E-state index in [9.17, 15) is 18.0 Å². The number of hydrogen-bond donors (Lipinski definition) is 0. The van der Waals surface area contributed by atoms with Gasteiger partial charge in [0.1, 0.15) is 5.75 Å². The Kier molecular flexibility index (Phi) is 5.47. The minimum absolute atomic E-state index is 0.276. The van der Waals surface area contributed by atoms with Crippen molar-refractivity contribution in [1.29, 1.82) is 0 Å². The number of benzene rings is 1. The van der Waals surface area contributed by atoms with Crippen LogP contribution in [-0.2, 0) is 0 Å². The number of alkyl halides is 4. The standard InChI is InChI=1S/C12H13ClF3NO2/c1-2-17(8-7-13)11(18)9-3-5-10(6-4-9)19-12(14,15)16/h3-6H,2,7-8H2,1H3. The second-order valence-electron chi connectivity index (χ2n) is 3.65. The molecule has 0 aromatic heterocycles. The molecule has 0 saturated heterocycles. The van der Waals surface area contributed by atoms with Crippen LogP contribution in [0.5, 0.6) is 5.75 Å². The molecule has 0 N–H and O–H groups in total. The number of halogens is 4. The Bertz CT molecular complexity index is 420. The molecule has 0 spiro atoms. The molecule has 0 radical (unpaired) electrons. The van der Waals surface area contributed by atoms with E-state index in [2.05, 4.69) is 4.74 Å². The molecule has 19 heavy (non-hydrogen) atoms. The van der Waals surface area contributed by atoms with Gasteiger partial charge in [0.2, 0.25) is 0 Å². The number of rotatable bonds is 5. The Morgan fingerprint density at radius 2 is 1.89 bits per heavy atom. The predicted octanol–water partition coefficient (Wildman–Crippen LogP) is 3.29. The van der Waals surface area contributed by atoms with Crippen LogP contribution in [0.15, 0.2) is 24.3 Å². The third-order valence-electron chi connectivity index (χ3n) is 2.36. The van der Waals surface area contributed by atoms with Crippen LogP contribution in [0.2, 0.25) is 0 Å². The summed E-state index contributed by atoms with van der Waals surface area (Å²) >= 11 is 5.57. The minimum Gasteiger partial charge on any atom is -0.406 e. The number of hydrogen-bond acceptors (Lipinski definition) is 2. The number of amides is 1. The molecule has 0 heterocycles. The van der Waals surface area contributed by atoms with E-state index >= 15 is 0 Å². The van der Waals surface area contributed by atoms with E-state index in [0.717, 1.165) is 12.1 Å². The average Bonchev–Trinajstić information content (AvgIpc) is 2.34. The van der Waals surface area contributed by atoms with Gasteiger partial charge in [-0.2, -0.15) is 0 Å². The highest BCUT2D eigenvalue weighted by Crippen LogP contribution is 2.23. The summed E-state index contributed by atoms with van der Waals surface area (Å²) in [5.74, 6) is -0.333. The Balaban J connectivity index is 2.78. The van der Waals surface area contributed by atoms with E-state index < -0.39 is 6.36 Å². The maximum absolute atomic E-state index is 12.0. The molecule has 0 saturated carbocycles. The van der Waals surface area contributed by atoms with Crippen LogP contribution in [0.4, 0.5) is 13.2 Å². The molecule has 1 aromatic rings. The Hall–Kier alpha value is -1.43. The van der Waals surface area contributed by atoms with Crippen molar-refractivity contribution < 1.29 is 22.7 Å². The zero-order chi connectivity index (χ0) is 14.5. The lowest BCUT2D eigenvalue weighted by Crippen LogP contribution is -2.32. The molecular weight excluding hydrogens is 283 g/mol. The van der Waals surface area contributed by atoms with Crippen molar-refractivity contribution >= 4 is 17.5 Å². The van der Waals surface area contributed by atoms with Crippen molar-refractivity contribution in [3.8, 4) is 5.75 Å². The minimum atomic E-state index is -4.74. The fourth-order valence-corrected chi connectivity index (χ4v) is 1.69. The monoisotopic (exact) mass is 295 g/mol. The molecule has 106 valence electrons. The molecule has 0 aliphatic heterocycles. The van der Waals surface area contributed by atoms with Gasteiger partial charge < -0.3 is 9.64 Å². The molecule has 0 aliphatic carbocycles. The van der Waals surface area contributed by atoms with Gasteiger partial charge in [-0.3, -0.25) is 4.79 Å². The third kappa shape index (κ3) is 4.98. The van der Waals surface area contributed by atoms with Crippen molar-refractivity contribution in [3.05, 3.63) is 29.8 Å². The fraction of sp³-hybridized carbons (Fsp3) is 0.417. The van der Waals surface area contributed by atoms with Crippen LogP contribution in [0.3, 0.4) is 0 Å². The normalized spacial score (nSPS) is 11.2. The van der Waals surface area contributed by atoms with Crippen LogP contribution >= 0.6 is 11.6 Å². The number of ether oxygens (including phenoxy) is 1. The van der Waals surface area contributed by atoms with Crippen molar-refractivity contribution in [2.45, 2.75) is 13.3 Å². The van der Waals surface area contributed by atoms with E-state index in [1.807, 2.05) is 0 Å². The Labute approximate surface area is 113 Å². The van der Waals surface area contributed by atoms with Gasteiger partial charge in [0.25, 0.3) is 5.91 Å². The molecule has 0 bridgehead atoms. The number of carbonyl (C=O) groups excluding carboxylic acids is 1. The SMILES string of the molecule is CCN(CCCl)C(=O)c1ccc(OC(F)(F)F)cc1. The highest BCUT2D eigenvalue weighted by molar-refractivity contribution is 6.18. The third-order valence-corrected chi connectivity index (χ3v) is 2.53. The maximum atomic E-state index is 12.0. The summed E-state index contributed by atoms with van der Waals surface area (Å²) in [6.07, 6.45) is -4.74. The molecular formula is C12H13ClF3NO2. The molecule has 0 aliphatic rings. The molecule has 1 amide bonds. The molecule has 1 rings (SSSR count). The molecule has 0 fully saturated rings. The van der Waals surface area contributed by atoms with Gasteiger partial charge in [-0.1, -0.05) is 0 Å². The van der Waals surface area contributed by atoms with Gasteiger partial charge in [-0.05, 0) is 31.2 Å². The van der Waals surface area contributed by atoms with Crippen LogP contribution in [0, 0.1) is 0 Å². The number of nitrogens with zero attached hydrogens (tertiary/aromatic N) is 1. The second-order valence-corrected chi connectivity index (χ2v) is 4.02. The molecule has 0 unspecified atom stereocenters. The van der Waals surface area contributed by atoms with Crippen molar-refractivity contribution in [2.24, 2.45) is 0 Å². The van der Waals surface area contributed by atoms with Crippen molar-refractivity contribution in [1.82, 2.24) is 4.90 Å². The topological polar surface area (TPSA) is 29.5 Å². The van der Waals surface area contributed by atoms with Crippen molar-refractivity contribution in [2.75, 3.05) is 19.0 Å². The van der Waals surface area contributed by atoms with E-state index in [1.54, 1.807) is 6.92 Å². The first-order valence-electron chi connectivity index (χ1n) is 5.58. The van der Waals surface area contributed by atoms with Crippen molar-refractivity contribution in [3.63, 3.8) is 0 Å². The maximum Gasteiger partial charge on any atom is 0.573 e. The highest BCUT2D eigenvalue weighted by Gasteiger charge is 2.31. The molecule has 1 aromatic carbocycles. The van der Waals surface area contributed by atoms with Crippen LogP contribution in [0.25, 0.3) is 0 Å². The lowest BCUT2D eigenvalue weighted by atomic mass is 10.2. The van der Waals surface area contributed by atoms with E-state index in [0.29, 0.717) is 24.5 Å². The summed E-state index contributed by atoms with van der Waals surface area (Å²) in [7, 11) is 0. The molecule has 3 nitrogen and oxygen atoms in total. The van der Waals surface area contributed by atoms with Gasteiger partial charge in [0, 0.05) is 24.5 Å². The lowest BCUT2D eigenvalue weighted by molar-refractivity contribution is -0.274. The van der Waals surface area contributed by atoms with Gasteiger partial charge in [-0.15, -0.1) is 24.8 Å². The summed E-state index contributed by atoms with van der Waals surface area (Å²) in [6, 6.07) is 4.80. The van der Waals surface area contributed by atoms with Crippen LogP contribution < -0.4 is 4.74 Å². The largest absolute Gasteiger partial charge is 0.573 e. The second kappa shape index (κ2) is 6.65. The molecule has 7 heteroatoms. The zero-order valence-electron chi connectivity index (χ0n) is 10.2. The van der Waals surface area contributed by atoms with Gasteiger partial charge in [0.15, 0.2) is 0 Å². The lowest BCUT2D eigenvalue weighted by Gasteiger charge is -2.19. The average molecular weight is 296 g/mol. The fourth-order valence-electron chi connectivity index (χ4n) is 1.49. The van der Waals surface area contributed by atoms with Gasteiger partial charge >= 0.3 is 6.36 Å². The summed E-state index contributed by atoms with van der Waals surface area (Å²) in [5, 5.41) is 0.